The van der Waals surface area contributed by atoms with Gasteiger partial charge >= 0.3 is 0 Å². The molecular formula is C14H17ClN2. The summed E-state index contributed by atoms with van der Waals surface area (Å²) in [7, 11) is 0. The van der Waals surface area contributed by atoms with Gasteiger partial charge in [-0.1, -0.05) is 24.9 Å². The Morgan fingerprint density at radius 2 is 2.18 bits per heavy atom. The fourth-order valence-electron chi connectivity index (χ4n) is 2.76. The van der Waals surface area contributed by atoms with Crippen molar-refractivity contribution in [3.8, 4) is 6.07 Å². The first kappa shape index (κ1) is 12.3. The molecule has 3 heteroatoms. The molecule has 0 bridgehead atoms. The van der Waals surface area contributed by atoms with Gasteiger partial charge in [0.05, 0.1) is 6.07 Å². The molecule has 1 fully saturated rings. The molecule has 0 radical (unpaired) electrons. The van der Waals surface area contributed by atoms with E-state index in [1.54, 1.807) is 0 Å². The van der Waals surface area contributed by atoms with Crippen LogP contribution < -0.4 is 5.32 Å². The number of halogens is 1. The summed E-state index contributed by atoms with van der Waals surface area (Å²) in [6, 6.07) is 10.1. The minimum atomic E-state index is -0.386. The third kappa shape index (κ3) is 2.40. The maximum absolute atomic E-state index is 9.50. The highest BCUT2D eigenvalue weighted by molar-refractivity contribution is 6.30. The van der Waals surface area contributed by atoms with E-state index < -0.39 is 0 Å². The summed E-state index contributed by atoms with van der Waals surface area (Å²) in [5.74, 6) is 0.447. The molecular weight excluding hydrogens is 232 g/mol. The van der Waals surface area contributed by atoms with Crippen molar-refractivity contribution in [3.05, 3.63) is 29.3 Å². The number of hydrogen-bond acceptors (Lipinski definition) is 2. The highest BCUT2D eigenvalue weighted by atomic mass is 35.5. The zero-order valence-electron chi connectivity index (χ0n) is 10.0. The van der Waals surface area contributed by atoms with E-state index in [-0.39, 0.29) is 5.54 Å². The molecule has 0 aromatic heterocycles. The van der Waals surface area contributed by atoms with Crippen LogP contribution in [0.15, 0.2) is 24.3 Å². The Labute approximate surface area is 108 Å². The second kappa shape index (κ2) is 4.98. The summed E-state index contributed by atoms with van der Waals surface area (Å²) >= 11 is 5.86. The SMILES string of the molecule is CCC1CCCC1(C#N)Nc1ccc(Cl)cc1. The van der Waals surface area contributed by atoms with Crippen molar-refractivity contribution in [2.75, 3.05) is 5.32 Å². The highest BCUT2D eigenvalue weighted by Gasteiger charge is 2.42. The van der Waals surface area contributed by atoms with Gasteiger partial charge in [0.2, 0.25) is 0 Å². The number of hydrogen-bond donors (Lipinski definition) is 1. The molecule has 1 aliphatic rings. The molecule has 2 atom stereocenters. The number of anilines is 1. The Hall–Kier alpha value is -1.20. The van der Waals surface area contributed by atoms with Crippen LogP contribution in [0, 0.1) is 17.2 Å². The number of benzene rings is 1. The lowest BCUT2D eigenvalue weighted by atomic mass is 9.86. The average molecular weight is 249 g/mol. The lowest BCUT2D eigenvalue weighted by Gasteiger charge is -2.30. The molecule has 0 aliphatic heterocycles. The van der Waals surface area contributed by atoms with Crippen molar-refractivity contribution in [3.63, 3.8) is 0 Å². The van der Waals surface area contributed by atoms with Crippen LogP contribution in [0.4, 0.5) is 5.69 Å². The molecule has 0 amide bonds. The number of rotatable bonds is 3. The maximum Gasteiger partial charge on any atom is 0.128 e. The molecule has 0 saturated heterocycles. The molecule has 1 aromatic rings. The Bertz CT molecular complexity index is 421. The van der Waals surface area contributed by atoms with Crippen LogP contribution in [-0.2, 0) is 0 Å². The zero-order chi connectivity index (χ0) is 12.3. The second-order valence-electron chi connectivity index (χ2n) is 4.71. The lowest BCUT2D eigenvalue weighted by molar-refractivity contribution is 0.414. The monoisotopic (exact) mass is 248 g/mol. The minimum absolute atomic E-state index is 0.386. The van der Waals surface area contributed by atoms with Gasteiger partial charge in [-0.05, 0) is 49.4 Å². The smallest absolute Gasteiger partial charge is 0.128 e. The van der Waals surface area contributed by atoms with E-state index in [9.17, 15) is 5.26 Å². The van der Waals surface area contributed by atoms with Crippen molar-refractivity contribution in [2.45, 2.75) is 38.1 Å². The van der Waals surface area contributed by atoms with E-state index in [1.165, 1.54) is 0 Å². The van der Waals surface area contributed by atoms with E-state index in [4.69, 9.17) is 11.6 Å². The molecule has 1 aromatic carbocycles. The Morgan fingerprint density at radius 3 is 2.76 bits per heavy atom. The first-order chi connectivity index (χ1) is 8.20. The van der Waals surface area contributed by atoms with Gasteiger partial charge in [0.15, 0.2) is 0 Å². The van der Waals surface area contributed by atoms with Crippen LogP contribution in [0.5, 0.6) is 0 Å². The molecule has 90 valence electrons. The van der Waals surface area contributed by atoms with Gasteiger partial charge in [-0.3, -0.25) is 0 Å². The fourth-order valence-corrected chi connectivity index (χ4v) is 2.89. The van der Waals surface area contributed by atoms with Crippen LogP contribution in [0.3, 0.4) is 0 Å². The summed E-state index contributed by atoms with van der Waals surface area (Å²) in [4.78, 5) is 0. The standard InChI is InChI=1S/C14H17ClN2/c1-2-11-4-3-9-14(11,10-16)17-13-7-5-12(15)6-8-13/h5-8,11,17H,2-4,9H2,1H3. The fraction of sp³-hybridized carbons (Fsp3) is 0.500. The average Bonchev–Trinajstić information content (AvgIpc) is 2.75. The quantitative estimate of drug-likeness (QED) is 0.869. The second-order valence-corrected chi connectivity index (χ2v) is 5.15. The summed E-state index contributed by atoms with van der Waals surface area (Å²) < 4.78 is 0. The van der Waals surface area contributed by atoms with Gasteiger partial charge in [0, 0.05) is 10.7 Å². The van der Waals surface area contributed by atoms with E-state index in [2.05, 4.69) is 18.3 Å². The normalized spacial score (nSPS) is 27.7. The molecule has 2 unspecified atom stereocenters. The molecule has 1 N–H and O–H groups in total. The molecule has 1 aliphatic carbocycles. The Balaban J connectivity index is 2.20. The summed E-state index contributed by atoms with van der Waals surface area (Å²) in [5, 5.41) is 13.6. The molecule has 2 rings (SSSR count). The van der Waals surface area contributed by atoms with Gasteiger partial charge in [0.1, 0.15) is 5.54 Å². The van der Waals surface area contributed by atoms with Crippen LogP contribution in [0.2, 0.25) is 5.02 Å². The van der Waals surface area contributed by atoms with Crippen LogP contribution >= 0.6 is 11.6 Å². The first-order valence-electron chi connectivity index (χ1n) is 6.15. The summed E-state index contributed by atoms with van der Waals surface area (Å²) in [6.07, 6.45) is 4.26. The third-order valence-electron chi connectivity index (χ3n) is 3.72. The minimum Gasteiger partial charge on any atom is -0.367 e. The number of nitrogens with one attached hydrogen (secondary N) is 1. The zero-order valence-corrected chi connectivity index (χ0v) is 10.8. The van der Waals surface area contributed by atoms with Crippen molar-refractivity contribution in [1.29, 1.82) is 5.26 Å². The third-order valence-corrected chi connectivity index (χ3v) is 3.98. The molecule has 0 spiro atoms. The van der Waals surface area contributed by atoms with Crippen LogP contribution in [-0.4, -0.2) is 5.54 Å². The molecule has 0 heterocycles. The molecule has 17 heavy (non-hydrogen) atoms. The van der Waals surface area contributed by atoms with Gasteiger partial charge in [-0.15, -0.1) is 0 Å². The topological polar surface area (TPSA) is 35.8 Å². The predicted octanol–water partition coefficient (Wildman–Crippen LogP) is 4.22. The molecule has 2 nitrogen and oxygen atoms in total. The number of nitrogens with zero attached hydrogens (tertiary/aromatic N) is 1. The van der Waals surface area contributed by atoms with E-state index >= 15 is 0 Å². The first-order valence-corrected chi connectivity index (χ1v) is 6.53. The summed E-state index contributed by atoms with van der Waals surface area (Å²) in [6.45, 7) is 2.16. The maximum atomic E-state index is 9.50. The lowest BCUT2D eigenvalue weighted by Crippen LogP contribution is -2.40. The Morgan fingerprint density at radius 1 is 1.47 bits per heavy atom. The van der Waals surface area contributed by atoms with Crippen molar-refractivity contribution < 1.29 is 0 Å². The highest BCUT2D eigenvalue weighted by Crippen LogP contribution is 2.39. The molecule has 1 saturated carbocycles. The largest absolute Gasteiger partial charge is 0.367 e. The van der Waals surface area contributed by atoms with Crippen molar-refractivity contribution in [1.82, 2.24) is 0 Å². The van der Waals surface area contributed by atoms with Gasteiger partial charge in [0.25, 0.3) is 0 Å². The van der Waals surface area contributed by atoms with E-state index in [1.807, 2.05) is 24.3 Å². The van der Waals surface area contributed by atoms with Crippen molar-refractivity contribution >= 4 is 17.3 Å². The predicted molar refractivity (Wildman–Crippen MR) is 71.1 cm³/mol. The Kier molecular flexibility index (Phi) is 3.59. The van der Waals surface area contributed by atoms with Gasteiger partial charge < -0.3 is 5.32 Å². The number of nitriles is 1. The van der Waals surface area contributed by atoms with Crippen molar-refractivity contribution in [2.24, 2.45) is 5.92 Å². The van der Waals surface area contributed by atoms with Crippen LogP contribution in [0.1, 0.15) is 32.6 Å². The van der Waals surface area contributed by atoms with Gasteiger partial charge in [-0.2, -0.15) is 5.26 Å². The van der Waals surface area contributed by atoms with E-state index in [0.29, 0.717) is 5.92 Å². The summed E-state index contributed by atoms with van der Waals surface area (Å²) in [5.41, 5.74) is 0.596. The van der Waals surface area contributed by atoms with E-state index in [0.717, 1.165) is 36.4 Å². The van der Waals surface area contributed by atoms with Crippen LogP contribution in [0.25, 0.3) is 0 Å². The van der Waals surface area contributed by atoms with Gasteiger partial charge in [-0.25, -0.2) is 0 Å².